The van der Waals surface area contributed by atoms with E-state index in [0.717, 1.165) is 96.8 Å². The standard InChI is InChI=1S/C40H63N5O7.C36H55N5O6/c1-6-20-48-27-28-52-32-40(47)42-18-11-22-50-24-26-51-25-23-49-21-10-17-41-39(46)12-8-7-9-19-45-37-30-35(43(2)3)15-13-33(37)29-34-14-16-36(44(4)5)31-38(34)45;1-37-26-29-10-12-31-25-32-13-11-30(27-38-2)24-34(32)41(33(31)23-29)16-6-4-5-9-35(42)39-14-7-17-45-19-21-47-22-20-46-18-8-15-40-36(43)28-44-3/h13-16,29-31H,6-12,17-28,32H2,1-5H3,(H-,41,42,46,47);10-13,23-25,37-38H,4-9,14-22,26-28H2,1-3H3,(H-,39,40,42,43)/p+2. The number of carbonyl (C=O) groups is 4. The summed E-state index contributed by atoms with van der Waals surface area (Å²) in [4.78, 5) is 52.0. The van der Waals surface area contributed by atoms with Crippen molar-refractivity contribution in [3.05, 3.63) is 96.1 Å². The molecular weight excluding hydrogens is 1260 g/mol. The van der Waals surface area contributed by atoms with Crippen LogP contribution in [0.15, 0.2) is 84.9 Å². The number of methoxy groups -OCH3 is 1. The molecular formula is C76H120N10O13+2. The third-order valence-electron chi connectivity index (χ3n) is 16.2. The second kappa shape index (κ2) is 51.4. The summed E-state index contributed by atoms with van der Waals surface area (Å²) in [5.41, 5.74) is 9.86. The van der Waals surface area contributed by atoms with E-state index in [1.165, 1.54) is 73.2 Å². The van der Waals surface area contributed by atoms with Gasteiger partial charge in [-0.2, -0.15) is 9.13 Å². The molecule has 0 spiro atoms. The fraction of sp³-hybridized carbons (Fsp3) is 0.605. The normalized spacial score (nSPS) is 11.4. The molecule has 0 atom stereocenters. The minimum atomic E-state index is -0.132. The number of fused-ring (bicyclic) bond motifs is 4. The first-order chi connectivity index (χ1) is 48.3. The van der Waals surface area contributed by atoms with Gasteiger partial charge in [0.25, 0.3) is 0 Å². The number of aryl methyl sites for hydroxylation is 2. The molecule has 0 bridgehead atoms. The Morgan fingerprint density at radius 3 is 1.06 bits per heavy atom. The zero-order chi connectivity index (χ0) is 70.9. The number of rotatable bonds is 55. The monoisotopic (exact) mass is 1380 g/mol. The highest BCUT2D eigenvalue weighted by Crippen LogP contribution is 2.26. The molecule has 23 heteroatoms. The van der Waals surface area contributed by atoms with E-state index in [1.54, 1.807) is 0 Å². The number of benzene rings is 4. The second-order valence-electron chi connectivity index (χ2n) is 24.9. The van der Waals surface area contributed by atoms with Crippen molar-refractivity contribution in [2.45, 2.75) is 117 Å². The van der Waals surface area contributed by atoms with Crippen molar-refractivity contribution < 1.29 is 70.9 Å². The summed E-state index contributed by atoms with van der Waals surface area (Å²) in [5.74, 6) is -0.0587. The first kappa shape index (κ1) is 82.9. The fourth-order valence-corrected chi connectivity index (χ4v) is 11.0. The highest BCUT2D eigenvalue weighted by molar-refractivity contribution is 5.92. The van der Waals surface area contributed by atoms with Crippen LogP contribution in [-0.2, 0) is 88.0 Å². The van der Waals surface area contributed by atoms with Crippen LogP contribution in [0.5, 0.6) is 0 Å². The van der Waals surface area contributed by atoms with Gasteiger partial charge in [0.05, 0.1) is 66.1 Å². The molecule has 0 fully saturated rings. The summed E-state index contributed by atoms with van der Waals surface area (Å²) in [6, 6.07) is 31.3. The minimum absolute atomic E-state index is 0.0456. The van der Waals surface area contributed by atoms with Gasteiger partial charge in [-0.25, -0.2) is 0 Å². The van der Waals surface area contributed by atoms with Gasteiger partial charge in [-0.15, -0.1) is 0 Å². The van der Waals surface area contributed by atoms with Crippen molar-refractivity contribution in [2.24, 2.45) is 0 Å². The molecule has 6 N–H and O–H groups in total. The van der Waals surface area contributed by atoms with Gasteiger partial charge in [0.15, 0.2) is 0 Å². The molecule has 4 amide bonds. The number of nitrogens with zero attached hydrogens (tertiary/aromatic N) is 4. The van der Waals surface area contributed by atoms with E-state index in [-0.39, 0.29) is 36.8 Å². The zero-order valence-electron chi connectivity index (χ0n) is 61.0. The topological polar surface area (TPSA) is 238 Å². The number of carbonyl (C=O) groups excluding carboxylic acids is 4. The maximum atomic E-state index is 12.4. The Morgan fingerprint density at radius 1 is 0.364 bits per heavy atom. The SMILES string of the molecule is CCCOCCOCC(=O)NCCCOCCOCCOCCCNC(=O)CCCCC[n+]1c2cc(N(C)C)ccc2cc2ccc(N(C)C)cc21.CNCc1ccc2cc3ccc(CNC)cc3[n+](CCCCCC(=O)NCCCOCCOCCOCCCNC(=O)COC)c2c1. The predicted octanol–water partition coefficient (Wildman–Crippen LogP) is 7.47. The van der Waals surface area contributed by atoms with Gasteiger partial charge in [-0.05, 0) is 132 Å². The number of amides is 4. The zero-order valence-corrected chi connectivity index (χ0v) is 61.0. The molecule has 4 aromatic carbocycles. The first-order valence-electron chi connectivity index (χ1n) is 36.0. The Hall–Kier alpha value is -6.74. The number of aromatic nitrogens is 2. The number of unbranched alkanes of at least 4 members (excludes halogenated alkanes) is 4. The van der Waals surface area contributed by atoms with E-state index in [2.05, 4.69) is 164 Å². The largest absolute Gasteiger partial charge is 0.379 e. The lowest BCUT2D eigenvalue weighted by atomic mass is 10.0. The second-order valence-corrected chi connectivity index (χ2v) is 24.9. The lowest BCUT2D eigenvalue weighted by Crippen LogP contribution is -2.36. The van der Waals surface area contributed by atoms with Crippen LogP contribution in [0, 0.1) is 0 Å². The van der Waals surface area contributed by atoms with Crippen molar-refractivity contribution in [3.8, 4) is 0 Å². The van der Waals surface area contributed by atoms with E-state index in [0.29, 0.717) is 138 Å². The maximum absolute atomic E-state index is 12.4. The highest BCUT2D eigenvalue weighted by Gasteiger charge is 2.20. The third-order valence-corrected chi connectivity index (χ3v) is 16.2. The maximum Gasteiger partial charge on any atom is 0.246 e. The minimum Gasteiger partial charge on any atom is -0.379 e. The van der Waals surface area contributed by atoms with Crippen LogP contribution in [0.2, 0.25) is 0 Å². The molecule has 2 aromatic heterocycles. The summed E-state index contributed by atoms with van der Waals surface area (Å²) >= 11 is 0. The van der Waals surface area contributed by atoms with Gasteiger partial charge < -0.3 is 84.3 Å². The molecule has 550 valence electrons. The van der Waals surface area contributed by atoms with Crippen molar-refractivity contribution in [3.63, 3.8) is 0 Å². The van der Waals surface area contributed by atoms with Crippen LogP contribution >= 0.6 is 0 Å². The van der Waals surface area contributed by atoms with Gasteiger partial charge in [0.2, 0.25) is 45.7 Å². The van der Waals surface area contributed by atoms with E-state index in [1.807, 2.05) is 21.0 Å². The van der Waals surface area contributed by atoms with Crippen molar-refractivity contribution in [2.75, 3.05) is 198 Å². The van der Waals surface area contributed by atoms with Crippen LogP contribution < -0.4 is 50.8 Å². The van der Waals surface area contributed by atoms with Crippen molar-refractivity contribution >= 4 is 78.6 Å². The molecule has 0 aliphatic rings. The van der Waals surface area contributed by atoms with Gasteiger partial charge in [-0.1, -0.05) is 19.1 Å². The van der Waals surface area contributed by atoms with E-state index < -0.39 is 0 Å². The number of hydrogen-bond acceptors (Lipinski definition) is 17. The summed E-state index contributed by atoms with van der Waals surface area (Å²) < 4.78 is 53.5. The van der Waals surface area contributed by atoms with E-state index in [9.17, 15) is 19.2 Å². The lowest BCUT2D eigenvalue weighted by Gasteiger charge is -2.15. The first-order valence-corrected chi connectivity index (χ1v) is 36.0. The molecule has 0 aliphatic carbocycles. The Balaban J connectivity index is 0.000000359. The third kappa shape index (κ3) is 34.0. The molecule has 6 aromatic rings. The van der Waals surface area contributed by atoms with Gasteiger partial charge in [0, 0.05) is 190 Å². The predicted molar refractivity (Wildman–Crippen MR) is 394 cm³/mol. The molecule has 99 heavy (non-hydrogen) atoms. The molecule has 0 aliphatic heterocycles. The average molecular weight is 1380 g/mol. The Bertz CT molecular complexity index is 3120. The number of pyridine rings is 2. The summed E-state index contributed by atoms with van der Waals surface area (Å²) in [5, 5.41) is 23.1. The van der Waals surface area contributed by atoms with Gasteiger partial charge in [-0.3, -0.25) is 19.2 Å². The average Bonchev–Trinajstić information content (AvgIpc) is 0.775. The Labute approximate surface area is 589 Å². The number of anilines is 2. The van der Waals surface area contributed by atoms with Crippen LogP contribution in [0.25, 0.3) is 43.6 Å². The molecule has 0 saturated heterocycles. The van der Waals surface area contributed by atoms with Crippen LogP contribution in [0.3, 0.4) is 0 Å². The quantitative estimate of drug-likeness (QED) is 0.0123. The molecule has 0 unspecified atom stereocenters. The molecule has 0 radical (unpaired) electrons. The lowest BCUT2D eigenvalue weighted by molar-refractivity contribution is -0.646. The number of hydrogen-bond donors (Lipinski definition) is 6. The molecule has 0 saturated carbocycles. The summed E-state index contributed by atoms with van der Waals surface area (Å²) in [7, 11) is 13.7. The van der Waals surface area contributed by atoms with Crippen molar-refractivity contribution in [1.29, 1.82) is 0 Å². The number of ether oxygens (including phenoxy) is 9. The summed E-state index contributed by atoms with van der Waals surface area (Å²) in [6.45, 7) is 15.9. The molecule has 6 rings (SSSR count). The van der Waals surface area contributed by atoms with Crippen LogP contribution in [0.1, 0.15) is 102 Å². The van der Waals surface area contributed by atoms with Gasteiger partial charge >= 0.3 is 0 Å². The Morgan fingerprint density at radius 2 is 0.697 bits per heavy atom. The smallest absolute Gasteiger partial charge is 0.246 e. The van der Waals surface area contributed by atoms with Crippen molar-refractivity contribution in [1.82, 2.24) is 31.9 Å². The fourth-order valence-electron chi connectivity index (χ4n) is 11.0. The van der Waals surface area contributed by atoms with Crippen LogP contribution in [0.4, 0.5) is 11.4 Å². The van der Waals surface area contributed by atoms with E-state index >= 15 is 0 Å². The van der Waals surface area contributed by atoms with E-state index in [4.69, 9.17) is 42.6 Å². The number of nitrogens with one attached hydrogen (secondary N) is 6. The Kier molecular flexibility index (Phi) is 43.1. The van der Waals surface area contributed by atoms with Gasteiger partial charge in [0.1, 0.15) is 26.3 Å². The summed E-state index contributed by atoms with van der Waals surface area (Å²) in [6.07, 6.45) is 10.8. The molecule has 23 nitrogen and oxygen atoms in total. The van der Waals surface area contributed by atoms with Crippen LogP contribution in [-0.4, -0.2) is 212 Å². The highest BCUT2D eigenvalue weighted by atomic mass is 16.6. The molecule has 2 heterocycles.